The van der Waals surface area contributed by atoms with Crippen LogP contribution in [0.3, 0.4) is 0 Å². The number of piperidine rings is 1. The van der Waals surface area contributed by atoms with Gasteiger partial charge in [-0.25, -0.2) is 0 Å². The highest BCUT2D eigenvalue weighted by atomic mass is 16.3. The summed E-state index contributed by atoms with van der Waals surface area (Å²) in [6.07, 6.45) is 13.9. The molecule has 1 saturated heterocycles. The van der Waals surface area contributed by atoms with Gasteiger partial charge in [0.05, 0.1) is 17.9 Å². The van der Waals surface area contributed by atoms with Gasteiger partial charge in [0.15, 0.2) is 6.29 Å². The monoisotopic (exact) mass is 401 g/mol. The van der Waals surface area contributed by atoms with Gasteiger partial charge in [-0.2, -0.15) is 0 Å². The molecule has 2 atom stereocenters. The van der Waals surface area contributed by atoms with Crippen molar-refractivity contribution in [1.82, 2.24) is 9.80 Å². The summed E-state index contributed by atoms with van der Waals surface area (Å²) in [5.74, 6) is 1.09. The van der Waals surface area contributed by atoms with E-state index in [1.807, 2.05) is 16.0 Å². The van der Waals surface area contributed by atoms with E-state index in [-0.39, 0.29) is 17.2 Å². The highest BCUT2D eigenvalue weighted by Gasteiger charge is 2.56. The fourth-order valence-corrected chi connectivity index (χ4v) is 5.96. The number of carbonyl (C=O) groups is 2. The number of amides is 1. The average molecular weight is 402 g/mol. The molecule has 0 aromatic carbocycles. The molecule has 6 heteroatoms. The Hall–Kier alpha value is -1.69. The summed E-state index contributed by atoms with van der Waals surface area (Å²) >= 11 is 0. The van der Waals surface area contributed by atoms with Crippen LogP contribution in [-0.4, -0.2) is 64.6 Å². The Labute approximate surface area is 174 Å². The molecule has 2 aliphatic carbocycles. The molecule has 0 aromatic heterocycles. The van der Waals surface area contributed by atoms with E-state index in [4.69, 9.17) is 0 Å². The molecule has 3 fully saturated rings. The van der Waals surface area contributed by atoms with Crippen LogP contribution in [0.5, 0.6) is 0 Å². The van der Waals surface area contributed by atoms with Crippen LogP contribution in [0.4, 0.5) is 0 Å². The van der Waals surface area contributed by atoms with Crippen LogP contribution < -0.4 is 0 Å². The first kappa shape index (κ1) is 20.6. The smallest absolute Gasteiger partial charge is 0.225 e. The Morgan fingerprint density at radius 1 is 1.31 bits per heavy atom. The van der Waals surface area contributed by atoms with E-state index < -0.39 is 5.60 Å². The van der Waals surface area contributed by atoms with Crippen molar-refractivity contribution in [1.29, 1.82) is 0 Å². The third-order valence-electron chi connectivity index (χ3n) is 7.97. The SMILES string of the molecule is C[C@H](CC1CCC1)C(=O)N1CCC(O)(CN2C=CN=C(C=O)C2)C2(CCCC2)C1. The van der Waals surface area contributed by atoms with Crippen LogP contribution in [-0.2, 0) is 9.59 Å². The van der Waals surface area contributed by atoms with Crippen molar-refractivity contribution < 1.29 is 14.7 Å². The normalized spacial score (nSPS) is 30.2. The minimum atomic E-state index is -0.840. The van der Waals surface area contributed by atoms with Gasteiger partial charge in [0.25, 0.3) is 0 Å². The lowest BCUT2D eigenvalue weighted by molar-refractivity contribution is -0.162. The van der Waals surface area contributed by atoms with E-state index in [0.29, 0.717) is 38.3 Å². The van der Waals surface area contributed by atoms with Crippen LogP contribution in [0.15, 0.2) is 17.4 Å². The van der Waals surface area contributed by atoms with Crippen LogP contribution in [0.2, 0.25) is 0 Å². The first-order valence-electron chi connectivity index (χ1n) is 11.4. The van der Waals surface area contributed by atoms with E-state index >= 15 is 0 Å². The van der Waals surface area contributed by atoms with Gasteiger partial charge < -0.3 is 14.9 Å². The zero-order valence-corrected chi connectivity index (χ0v) is 17.7. The highest BCUT2D eigenvalue weighted by Crippen LogP contribution is 2.51. The number of carbonyl (C=O) groups excluding carboxylic acids is 2. The van der Waals surface area contributed by atoms with Gasteiger partial charge in [0.2, 0.25) is 5.91 Å². The maximum Gasteiger partial charge on any atom is 0.225 e. The van der Waals surface area contributed by atoms with Gasteiger partial charge in [-0.05, 0) is 31.6 Å². The second kappa shape index (κ2) is 8.21. The molecule has 4 aliphatic rings. The van der Waals surface area contributed by atoms with E-state index in [1.54, 1.807) is 6.20 Å². The van der Waals surface area contributed by atoms with E-state index in [1.165, 1.54) is 19.3 Å². The lowest BCUT2D eigenvalue weighted by Gasteiger charge is -2.54. The Morgan fingerprint density at radius 3 is 2.72 bits per heavy atom. The number of aliphatic hydroxyl groups is 1. The van der Waals surface area contributed by atoms with Crippen molar-refractivity contribution in [2.75, 3.05) is 26.2 Å². The molecule has 0 bridgehead atoms. The minimum Gasteiger partial charge on any atom is -0.387 e. The van der Waals surface area contributed by atoms with Crippen LogP contribution in [0, 0.1) is 17.3 Å². The Balaban J connectivity index is 1.45. The van der Waals surface area contributed by atoms with Crippen molar-refractivity contribution in [3.63, 3.8) is 0 Å². The Kier molecular flexibility index (Phi) is 5.83. The number of hydrogen-bond donors (Lipinski definition) is 1. The van der Waals surface area contributed by atoms with Crippen LogP contribution >= 0.6 is 0 Å². The maximum absolute atomic E-state index is 13.2. The third kappa shape index (κ3) is 4.00. The molecule has 2 heterocycles. The molecule has 1 amide bonds. The summed E-state index contributed by atoms with van der Waals surface area (Å²) in [7, 11) is 0. The summed E-state index contributed by atoms with van der Waals surface area (Å²) in [5, 5.41) is 11.8. The Bertz CT molecular complexity index is 693. The molecule has 1 unspecified atom stereocenters. The zero-order valence-electron chi connectivity index (χ0n) is 17.7. The molecular formula is C23H35N3O3. The summed E-state index contributed by atoms with van der Waals surface area (Å²) in [5.41, 5.74) is -0.581. The first-order valence-corrected chi connectivity index (χ1v) is 11.4. The van der Waals surface area contributed by atoms with Gasteiger partial charge in [-0.15, -0.1) is 0 Å². The van der Waals surface area contributed by atoms with Crippen molar-refractivity contribution in [3.8, 4) is 0 Å². The third-order valence-corrected chi connectivity index (χ3v) is 7.97. The maximum atomic E-state index is 13.2. The standard InChI is InChI=1S/C23H35N3O3/c1-18(13-19-5-4-6-19)21(28)26-11-9-23(29,22(16-26)7-2-3-8-22)17-25-12-10-24-20(14-25)15-27/h10,12,15,18-19,29H,2-9,11,13-14,16-17H2,1H3/t18-,23?/m1/s1. The van der Waals surface area contributed by atoms with Crippen molar-refractivity contribution in [3.05, 3.63) is 12.4 Å². The molecule has 2 aliphatic heterocycles. The van der Waals surface area contributed by atoms with Crippen LogP contribution in [0.1, 0.15) is 64.7 Å². The summed E-state index contributed by atoms with van der Waals surface area (Å²) in [4.78, 5) is 32.4. The van der Waals surface area contributed by atoms with E-state index in [9.17, 15) is 14.7 Å². The second-order valence-corrected chi connectivity index (χ2v) is 9.90. The largest absolute Gasteiger partial charge is 0.387 e. The minimum absolute atomic E-state index is 0.0846. The molecule has 160 valence electrons. The van der Waals surface area contributed by atoms with E-state index in [2.05, 4.69) is 11.9 Å². The van der Waals surface area contributed by atoms with Crippen LogP contribution in [0.25, 0.3) is 0 Å². The van der Waals surface area contributed by atoms with Gasteiger partial charge in [-0.1, -0.05) is 39.0 Å². The number of likely N-dealkylation sites (tertiary alicyclic amines) is 1. The molecule has 6 nitrogen and oxygen atoms in total. The highest BCUT2D eigenvalue weighted by molar-refractivity contribution is 6.29. The predicted molar refractivity (Wildman–Crippen MR) is 112 cm³/mol. The second-order valence-electron chi connectivity index (χ2n) is 9.90. The predicted octanol–water partition coefficient (Wildman–Crippen LogP) is 2.76. The molecular weight excluding hydrogens is 366 g/mol. The van der Waals surface area contributed by atoms with Crippen molar-refractivity contribution in [2.24, 2.45) is 22.2 Å². The fraction of sp³-hybridized carbons (Fsp3) is 0.783. The summed E-state index contributed by atoms with van der Waals surface area (Å²) < 4.78 is 0. The molecule has 29 heavy (non-hydrogen) atoms. The molecule has 1 N–H and O–H groups in total. The van der Waals surface area contributed by atoms with Gasteiger partial charge in [0.1, 0.15) is 0 Å². The van der Waals surface area contributed by atoms with Crippen molar-refractivity contribution in [2.45, 2.75) is 70.3 Å². The number of nitrogens with zero attached hydrogens (tertiary/aromatic N) is 3. The number of aldehydes is 1. The lowest BCUT2D eigenvalue weighted by atomic mass is 9.65. The lowest BCUT2D eigenvalue weighted by Crippen LogP contribution is -2.64. The fourth-order valence-electron chi connectivity index (χ4n) is 5.96. The molecule has 1 spiro atoms. The molecule has 0 radical (unpaired) electrons. The topological polar surface area (TPSA) is 73.2 Å². The number of rotatable bonds is 6. The average Bonchev–Trinajstić information content (AvgIpc) is 3.16. The van der Waals surface area contributed by atoms with E-state index in [0.717, 1.165) is 44.3 Å². The molecule has 4 rings (SSSR count). The Morgan fingerprint density at radius 2 is 2.07 bits per heavy atom. The number of hydrogen-bond acceptors (Lipinski definition) is 5. The number of aliphatic imine (C=N–C) groups is 1. The number of β-amino-alcohol motifs (C(OH)–C–C–N with tert-alkyl or cyclic N) is 1. The van der Waals surface area contributed by atoms with Crippen molar-refractivity contribution >= 4 is 17.9 Å². The molecule has 2 saturated carbocycles. The quantitative estimate of drug-likeness (QED) is 0.695. The van der Waals surface area contributed by atoms with Gasteiger partial charge in [0, 0.05) is 43.4 Å². The van der Waals surface area contributed by atoms with Gasteiger partial charge in [-0.3, -0.25) is 14.6 Å². The van der Waals surface area contributed by atoms with Gasteiger partial charge >= 0.3 is 0 Å². The first-order chi connectivity index (χ1) is 13.9. The zero-order chi connectivity index (χ0) is 20.5. The summed E-state index contributed by atoms with van der Waals surface area (Å²) in [6, 6.07) is 0. The molecule has 0 aromatic rings. The summed E-state index contributed by atoms with van der Waals surface area (Å²) in [6.45, 7) is 4.32.